The van der Waals surface area contributed by atoms with Gasteiger partial charge in [-0.2, -0.15) is 18.3 Å². The Morgan fingerprint density at radius 2 is 1.71 bits per heavy atom. The summed E-state index contributed by atoms with van der Waals surface area (Å²) in [6.07, 6.45) is -6.20. The first-order valence-electron chi connectivity index (χ1n) is 14.1. The van der Waals surface area contributed by atoms with Crippen molar-refractivity contribution in [3.8, 4) is 0 Å². The average Bonchev–Trinajstić information content (AvgIpc) is 3.37. The van der Waals surface area contributed by atoms with Crippen molar-refractivity contribution in [3.05, 3.63) is 59.7 Å². The van der Waals surface area contributed by atoms with Crippen molar-refractivity contribution >= 4 is 17.8 Å². The zero-order valence-electron chi connectivity index (χ0n) is 23.5. The van der Waals surface area contributed by atoms with E-state index in [0.29, 0.717) is 5.56 Å². The van der Waals surface area contributed by atoms with E-state index in [1.165, 1.54) is 6.20 Å². The highest BCUT2D eigenvalue weighted by Gasteiger charge is 2.59. The number of amides is 1. The van der Waals surface area contributed by atoms with Crippen LogP contribution in [0.4, 0.5) is 35.5 Å². The van der Waals surface area contributed by atoms with Gasteiger partial charge in [-0.25, -0.2) is 36.8 Å². The molecule has 2 heterocycles. The van der Waals surface area contributed by atoms with Gasteiger partial charge in [-0.1, -0.05) is 30.3 Å². The number of hydrogen-bond donors (Lipinski definition) is 3. The molecule has 2 unspecified atom stereocenters. The van der Waals surface area contributed by atoms with E-state index in [-0.39, 0.29) is 36.6 Å². The molecule has 0 aliphatic heterocycles. The summed E-state index contributed by atoms with van der Waals surface area (Å²) in [6, 6.07) is 7.89. The van der Waals surface area contributed by atoms with E-state index in [4.69, 9.17) is 9.84 Å². The standard InChI is InChI=1S/C28H29F7N6O4/c29-26(30)8-6-17(7-9-26)21(40-24(44)45-13-16-4-2-1-3-5-16)19-12-41-23(38-19)39-20(11-37-41)25(14-27(31,32)15-25)36-10-18(22(42)43)28(33,34)35/h1-5,11-12,17-18,21,36H,6-10,13-15H2,(H,40,44)(H,42,43). The Bertz CT molecular complexity index is 1520. The molecule has 2 aromatic heterocycles. The zero-order chi connectivity index (χ0) is 32.6. The summed E-state index contributed by atoms with van der Waals surface area (Å²) < 4.78 is 102. The number of fused-ring (bicyclic) bond motifs is 1. The Kier molecular flexibility index (Phi) is 8.67. The quantitative estimate of drug-likeness (QED) is 0.250. The molecular formula is C28H29F7N6O4. The van der Waals surface area contributed by atoms with Crippen molar-refractivity contribution in [3.63, 3.8) is 0 Å². The van der Waals surface area contributed by atoms with Gasteiger partial charge in [0, 0.05) is 32.2 Å². The number of hydrogen-bond acceptors (Lipinski definition) is 7. The minimum absolute atomic E-state index is 0.0443. The highest BCUT2D eigenvalue weighted by molar-refractivity contribution is 5.71. The van der Waals surface area contributed by atoms with E-state index in [2.05, 4.69) is 25.7 Å². The molecule has 2 aliphatic carbocycles. The first kappa shape index (κ1) is 32.4. The van der Waals surface area contributed by atoms with Crippen LogP contribution in [0.2, 0.25) is 0 Å². The molecule has 2 aliphatic rings. The van der Waals surface area contributed by atoms with Crippen molar-refractivity contribution in [1.82, 2.24) is 30.2 Å². The van der Waals surface area contributed by atoms with Crippen LogP contribution in [0.3, 0.4) is 0 Å². The molecule has 0 spiro atoms. The number of imidazole rings is 1. The minimum atomic E-state index is -5.13. The maximum atomic E-state index is 14.1. The maximum Gasteiger partial charge on any atom is 0.408 e. The van der Waals surface area contributed by atoms with Gasteiger partial charge in [0.2, 0.25) is 5.92 Å². The Labute approximate surface area is 251 Å². The van der Waals surface area contributed by atoms with Crippen LogP contribution < -0.4 is 10.6 Å². The highest BCUT2D eigenvalue weighted by atomic mass is 19.4. The van der Waals surface area contributed by atoms with Crippen LogP contribution in [0.1, 0.15) is 61.5 Å². The molecule has 1 aromatic carbocycles. The summed E-state index contributed by atoms with van der Waals surface area (Å²) >= 11 is 0. The van der Waals surface area contributed by atoms with Crippen LogP contribution in [-0.2, 0) is 21.7 Å². The second kappa shape index (κ2) is 12.1. The van der Waals surface area contributed by atoms with Crippen LogP contribution in [0.25, 0.3) is 5.78 Å². The maximum absolute atomic E-state index is 14.1. The van der Waals surface area contributed by atoms with E-state index in [1.807, 2.05) is 0 Å². The molecule has 45 heavy (non-hydrogen) atoms. The number of halogens is 7. The molecule has 2 atom stereocenters. The van der Waals surface area contributed by atoms with Gasteiger partial charge in [0.1, 0.15) is 6.61 Å². The second-order valence-electron chi connectivity index (χ2n) is 11.5. The average molecular weight is 647 g/mol. The van der Waals surface area contributed by atoms with Gasteiger partial charge >= 0.3 is 18.2 Å². The first-order valence-corrected chi connectivity index (χ1v) is 14.1. The van der Waals surface area contributed by atoms with Crippen LogP contribution in [0, 0.1) is 11.8 Å². The van der Waals surface area contributed by atoms with Gasteiger partial charge in [-0.05, 0) is 24.3 Å². The summed E-state index contributed by atoms with van der Waals surface area (Å²) in [6.45, 7) is -1.25. The molecule has 5 rings (SSSR count). The number of carboxylic acid groups (broad SMARTS) is 1. The smallest absolute Gasteiger partial charge is 0.408 e. The SMILES string of the molecule is O=C(NC(c1cn2ncc(C3(NCC(C(=O)O)C(F)(F)F)CC(F)(F)C3)nc2n1)C1CCC(F)(F)CC1)OCc1ccccc1. The molecule has 10 nitrogen and oxygen atoms in total. The van der Waals surface area contributed by atoms with Crippen molar-refractivity contribution in [2.45, 2.75) is 74.7 Å². The summed E-state index contributed by atoms with van der Waals surface area (Å²) in [7, 11) is 0. The third kappa shape index (κ3) is 7.45. The summed E-state index contributed by atoms with van der Waals surface area (Å²) in [5.74, 6) is -11.8. The number of carbonyl (C=O) groups excluding carboxylic acids is 1. The van der Waals surface area contributed by atoms with Gasteiger partial charge in [-0.15, -0.1) is 0 Å². The molecule has 2 fully saturated rings. The first-order chi connectivity index (χ1) is 21.1. The Morgan fingerprint density at radius 3 is 2.31 bits per heavy atom. The number of ether oxygens (including phenoxy) is 1. The molecule has 0 bridgehead atoms. The number of carboxylic acids is 1. The minimum Gasteiger partial charge on any atom is -0.481 e. The molecule has 244 valence electrons. The highest BCUT2D eigenvalue weighted by Crippen LogP contribution is 2.51. The van der Waals surface area contributed by atoms with Crippen molar-refractivity contribution < 1.29 is 50.2 Å². The molecule has 0 radical (unpaired) electrons. The lowest BCUT2D eigenvalue weighted by molar-refractivity contribution is -0.196. The lowest BCUT2D eigenvalue weighted by atomic mass is 9.71. The van der Waals surface area contributed by atoms with Gasteiger partial charge in [0.05, 0.1) is 35.4 Å². The lowest BCUT2D eigenvalue weighted by Crippen LogP contribution is -2.60. The molecule has 3 aromatic rings. The van der Waals surface area contributed by atoms with E-state index in [0.717, 1.165) is 10.7 Å². The number of nitrogens with one attached hydrogen (secondary N) is 2. The normalized spacial score (nSPS) is 20.6. The monoisotopic (exact) mass is 646 g/mol. The van der Waals surface area contributed by atoms with E-state index in [9.17, 15) is 40.3 Å². The van der Waals surface area contributed by atoms with Gasteiger partial charge in [0.25, 0.3) is 11.7 Å². The topological polar surface area (TPSA) is 131 Å². The van der Waals surface area contributed by atoms with Gasteiger partial charge < -0.3 is 20.5 Å². The fraction of sp³-hybridized carbons (Fsp3) is 0.536. The van der Waals surface area contributed by atoms with E-state index in [1.54, 1.807) is 30.3 Å². The Hall–Kier alpha value is -4.02. The number of aliphatic carboxylic acids is 1. The van der Waals surface area contributed by atoms with Crippen molar-refractivity contribution in [2.24, 2.45) is 11.8 Å². The van der Waals surface area contributed by atoms with E-state index >= 15 is 0 Å². The number of alkyl halides is 7. The van der Waals surface area contributed by atoms with Crippen LogP contribution in [0.5, 0.6) is 0 Å². The largest absolute Gasteiger partial charge is 0.481 e. The van der Waals surface area contributed by atoms with Gasteiger partial charge in [0.15, 0.2) is 5.92 Å². The summed E-state index contributed by atoms with van der Waals surface area (Å²) in [5, 5.41) is 18.2. The Morgan fingerprint density at radius 1 is 1.04 bits per heavy atom. The van der Waals surface area contributed by atoms with Crippen LogP contribution in [0.15, 0.2) is 42.7 Å². The van der Waals surface area contributed by atoms with Crippen molar-refractivity contribution in [1.29, 1.82) is 0 Å². The fourth-order valence-corrected chi connectivity index (χ4v) is 5.76. The predicted molar refractivity (Wildman–Crippen MR) is 141 cm³/mol. The number of nitrogens with zero attached hydrogens (tertiary/aromatic N) is 4. The second-order valence-corrected chi connectivity index (χ2v) is 11.5. The predicted octanol–water partition coefficient (Wildman–Crippen LogP) is 5.39. The number of rotatable bonds is 10. The van der Waals surface area contributed by atoms with Crippen molar-refractivity contribution in [2.75, 3.05) is 6.54 Å². The zero-order valence-corrected chi connectivity index (χ0v) is 23.5. The van der Waals surface area contributed by atoms with Crippen LogP contribution >= 0.6 is 0 Å². The third-order valence-corrected chi connectivity index (χ3v) is 8.20. The number of alkyl carbamates (subject to hydrolysis) is 1. The molecule has 17 heteroatoms. The number of benzene rings is 1. The molecular weight excluding hydrogens is 617 g/mol. The summed E-state index contributed by atoms with van der Waals surface area (Å²) in [4.78, 5) is 32.6. The van der Waals surface area contributed by atoms with E-state index < -0.39 is 85.7 Å². The lowest BCUT2D eigenvalue weighted by Gasteiger charge is -2.47. The molecule has 2 saturated carbocycles. The molecule has 0 saturated heterocycles. The Balaban J connectivity index is 1.40. The number of carbonyl (C=O) groups is 2. The van der Waals surface area contributed by atoms with Crippen LogP contribution in [-0.4, -0.2) is 61.3 Å². The number of aromatic nitrogens is 4. The van der Waals surface area contributed by atoms with Gasteiger partial charge in [-0.3, -0.25) is 4.79 Å². The molecule has 3 N–H and O–H groups in total. The molecule has 1 amide bonds. The summed E-state index contributed by atoms with van der Waals surface area (Å²) in [5.41, 5.74) is -1.13. The fourth-order valence-electron chi connectivity index (χ4n) is 5.76. The third-order valence-electron chi connectivity index (χ3n) is 8.20.